The summed E-state index contributed by atoms with van der Waals surface area (Å²) in [6, 6.07) is 23.7. The highest BCUT2D eigenvalue weighted by molar-refractivity contribution is 6.08. The maximum absolute atomic E-state index is 11.1. The molecule has 4 N–H and O–H groups in total. The lowest BCUT2D eigenvalue weighted by atomic mass is 10.2. The van der Waals surface area contributed by atoms with Gasteiger partial charge in [-0.05, 0) is 18.2 Å². The van der Waals surface area contributed by atoms with Gasteiger partial charge >= 0.3 is 6.03 Å². The molecule has 7 heteroatoms. The molecule has 0 fully saturated rings. The van der Waals surface area contributed by atoms with Crippen LogP contribution in [0.3, 0.4) is 0 Å². The number of hydrazone groups is 1. The lowest BCUT2D eigenvalue weighted by Gasteiger charge is -2.15. The Morgan fingerprint density at radius 3 is 2.09 bits per heavy atom. The number of hydrogen-bond donors (Lipinski definition) is 3. The Balaban J connectivity index is 1.47. The van der Waals surface area contributed by atoms with Crippen LogP contribution in [0, 0.1) is 0 Å². The van der Waals surface area contributed by atoms with Gasteiger partial charge in [0.1, 0.15) is 0 Å². The van der Waals surface area contributed by atoms with Crippen LogP contribution >= 0.6 is 0 Å². The van der Waals surface area contributed by atoms with Crippen LogP contribution in [0.4, 0.5) is 4.79 Å². The van der Waals surface area contributed by atoms with E-state index >= 15 is 0 Å². The van der Waals surface area contributed by atoms with Crippen molar-refractivity contribution < 1.29 is 9.90 Å². The molecule has 2 amide bonds. The number of nitrogens with one attached hydrogen (secondary N) is 1. The molecule has 0 aliphatic carbocycles. The molecular weight excluding hydrogens is 402 g/mol. The lowest BCUT2D eigenvalue weighted by molar-refractivity contribution is 0.138. The maximum atomic E-state index is 11.1. The lowest BCUT2D eigenvalue weighted by Crippen LogP contribution is -2.24. The molecule has 0 spiro atoms. The molecule has 0 aliphatic rings. The zero-order chi connectivity index (χ0) is 22.1. The standard InChI is InChI=1S/C25H23N5O2/c26-25(32)28-27-13-17-14-29(22-10-4-1-7-19(17)22)15-18(31)16-30-23-11-5-2-8-20(23)21-9-3-6-12-24(21)30/h1-14,18,31H,15-16H2,(H3,26,28,32)/b27-13+. The fraction of sp³-hybridized carbons (Fsp3) is 0.120. The topological polar surface area (TPSA) is 97.6 Å². The van der Waals surface area contributed by atoms with Crippen molar-refractivity contribution in [3.63, 3.8) is 0 Å². The third-order valence-corrected chi connectivity index (χ3v) is 5.68. The van der Waals surface area contributed by atoms with Gasteiger partial charge in [-0.2, -0.15) is 5.10 Å². The highest BCUT2D eigenvalue weighted by Gasteiger charge is 2.15. The minimum absolute atomic E-state index is 0.415. The van der Waals surface area contributed by atoms with Gasteiger partial charge in [-0.15, -0.1) is 0 Å². The number of aliphatic hydroxyl groups is 1. The van der Waals surface area contributed by atoms with Crippen LogP contribution in [0.5, 0.6) is 0 Å². The van der Waals surface area contributed by atoms with Crippen LogP contribution in [0.25, 0.3) is 32.7 Å². The summed E-state index contributed by atoms with van der Waals surface area (Å²) < 4.78 is 4.19. The first-order valence-corrected chi connectivity index (χ1v) is 10.4. The maximum Gasteiger partial charge on any atom is 0.332 e. The van der Waals surface area contributed by atoms with Crippen molar-refractivity contribution in [2.45, 2.75) is 19.2 Å². The smallest absolute Gasteiger partial charge is 0.332 e. The van der Waals surface area contributed by atoms with E-state index in [2.05, 4.69) is 39.4 Å². The number of amides is 2. The Morgan fingerprint density at radius 1 is 0.906 bits per heavy atom. The number of hydrogen-bond acceptors (Lipinski definition) is 3. The van der Waals surface area contributed by atoms with Gasteiger partial charge in [0.15, 0.2) is 0 Å². The molecule has 1 atom stereocenters. The molecule has 5 rings (SSSR count). The Hall–Kier alpha value is -4.10. The first kappa shape index (κ1) is 19.8. The fourth-order valence-electron chi connectivity index (χ4n) is 4.39. The van der Waals surface area contributed by atoms with E-state index in [1.54, 1.807) is 6.21 Å². The van der Waals surface area contributed by atoms with E-state index in [-0.39, 0.29) is 0 Å². The number of nitrogens with two attached hydrogens (primary N) is 1. The summed E-state index contributed by atoms with van der Waals surface area (Å²) in [5.74, 6) is 0. The number of urea groups is 1. The summed E-state index contributed by atoms with van der Waals surface area (Å²) in [4.78, 5) is 10.9. The van der Waals surface area contributed by atoms with Gasteiger partial charge < -0.3 is 20.0 Å². The van der Waals surface area contributed by atoms with Crippen molar-refractivity contribution in [1.29, 1.82) is 0 Å². The summed E-state index contributed by atoms with van der Waals surface area (Å²) >= 11 is 0. The number of benzene rings is 3. The Kier molecular flexibility index (Phi) is 5.09. The zero-order valence-corrected chi connectivity index (χ0v) is 17.3. The van der Waals surface area contributed by atoms with E-state index in [0.29, 0.717) is 13.1 Å². The number of carbonyl (C=O) groups is 1. The first-order chi connectivity index (χ1) is 15.6. The van der Waals surface area contributed by atoms with Crippen molar-refractivity contribution in [2.75, 3.05) is 0 Å². The van der Waals surface area contributed by atoms with E-state index in [9.17, 15) is 9.90 Å². The van der Waals surface area contributed by atoms with Gasteiger partial charge in [0.05, 0.1) is 25.4 Å². The van der Waals surface area contributed by atoms with Gasteiger partial charge in [-0.1, -0.05) is 54.6 Å². The average molecular weight is 425 g/mol. The molecule has 160 valence electrons. The van der Waals surface area contributed by atoms with Crippen molar-refractivity contribution in [1.82, 2.24) is 14.6 Å². The van der Waals surface area contributed by atoms with E-state index in [4.69, 9.17) is 5.73 Å². The molecule has 2 aromatic heterocycles. The second-order valence-electron chi connectivity index (χ2n) is 7.79. The molecule has 0 aliphatic heterocycles. The van der Waals surface area contributed by atoms with E-state index in [0.717, 1.165) is 27.5 Å². The molecule has 5 aromatic rings. The molecule has 0 saturated carbocycles. The SMILES string of the molecule is NC(=O)N/N=C/c1cn(CC(O)Cn2c3ccccc3c3ccccc32)c2ccccc12. The normalized spacial score (nSPS) is 12.8. The molecular formula is C25H23N5O2. The molecule has 32 heavy (non-hydrogen) atoms. The van der Waals surface area contributed by atoms with Crippen LogP contribution < -0.4 is 11.2 Å². The number of rotatable bonds is 6. The zero-order valence-electron chi connectivity index (χ0n) is 17.3. The first-order valence-electron chi connectivity index (χ1n) is 10.4. The summed E-state index contributed by atoms with van der Waals surface area (Å²) in [5.41, 5.74) is 11.3. The van der Waals surface area contributed by atoms with Crippen LogP contribution in [0.15, 0.2) is 84.1 Å². The average Bonchev–Trinajstić information content (AvgIpc) is 3.30. The Bertz CT molecular complexity index is 1410. The number of aliphatic hydroxyl groups excluding tert-OH is 1. The van der Waals surface area contributed by atoms with Crippen molar-refractivity contribution in [3.8, 4) is 0 Å². The second-order valence-corrected chi connectivity index (χ2v) is 7.79. The molecule has 3 aromatic carbocycles. The molecule has 0 saturated heterocycles. The van der Waals surface area contributed by atoms with E-state index in [1.165, 1.54) is 10.8 Å². The van der Waals surface area contributed by atoms with E-state index < -0.39 is 12.1 Å². The predicted molar refractivity (Wildman–Crippen MR) is 128 cm³/mol. The number of nitrogens with zero attached hydrogens (tertiary/aromatic N) is 3. The summed E-state index contributed by atoms with van der Waals surface area (Å²) in [7, 11) is 0. The molecule has 1 unspecified atom stereocenters. The minimum Gasteiger partial charge on any atom is -0.389 e. The van der Waals surface area contributed by atoms with Crippen molar-refractivity contribution in [2.24, 2.45) is 10.8 Å². The van der Waals surface area contributed by atoms with Crippen LogP contribution in [-0.4, -0.2) is 32.6 Å². The quantitative estimate of drug-likeness (QED) is 0.285. The largest absolute Gasteiger partial charge is 0.389 e. The minimum atomic E-state index is -0.716. The van der Waals surface area contributed by atoms with Crippen LogP contribution in [0.2, 0.25) is 0 Å². The summed E-state index contributed by atoms with van der Waals surface area (Å²) in [6.07, 6.45) is 2.87. The number of para-hydroxylation sites is 3. The molecule has 2 heterocycles. The van der Waals surface area contributed by atoms with Gasteiger partial charge in [0.25, 0.3) is 0 Å². The number of primary amides is 1. The van der Waals surface area contributed by atoms with Crippen LogP contribution in [-0.2, 0) is 13.1 Å². The third kappa shape index (κ3) is 3.59. The van der Waals surface area contributed by atoms with Gasteiger partial charge in [-0.3, -0.25) is 0 Å². The fourth-order valence-corrected chi connectivity index (χ4v) is 4.39. The van der Waals surface area contributed by atoms with E-state index in [1.807, 2.05) is 59.3 Å². The van der Waals surface area contributed by atoms with Gasteiger partial charge in [-0.25, -0.2) is 10.2 Å². The predicted octanol–water partition coefficient (Wildman–Crippen LogP) is 3.81. The Labute approximate surface area is 184 Å². The number of carbonyl (C=O) groups excluding carboxylic acids is 1. The van der Waals surface area contributed by atoms with Gasteiger partial charge in [0.2, 0.25) is 0 Å². The third-order valence-electron chi connectivity index (χ3n) is 5.68. The second kappa shape index (κ2) is 8.20. The Morgan fingerprint density at radius 2 is 1.47 bits per heavy atom. The molecule has 0 radical (unpaired) electrons. The number of fused-ring (bicyclic) bond motifs is 4. The summed E-state index contributed by atoms with van der Waals surface area (Å²) in [5, 5.41) is 18.3. The molecule has 0 bridgehead atoms. The number of aromatic nitrogens is 2. The molecule has 7 nitrogen and oxygen atoms in total. The highest BCUT2D eigenvalue weighted by Crippen LogP contribution is 2.29. The van der Waals surface area contributed by atoms with Crippen molar-refractivity contribution >= 4 is 45.0 Å². The highest BCUT2D eigenvalue weighted by atomic mass is 16.3. The van der Waals surface area contributed by atoms with Crippen molar-refractivity contribution in [3.05, 3.63) is 84.6 Å². The van der Waals surface area contributed by atoms with Crippen LogP contribution in [0.1, 0.15) is 5.56 Å². The monoisotopic (exact) mass is 425 g/mol. The van der Waals surface area contributed by atoms with Gasteiger partial charge in [0, 0.05) is 44.5 Å². The summed E-state index contributed by atoms with van der Waals surface area (Å²) in [6.45, 7) is 0.881.